The van der Waals surface area contributed by atoms with Gasteiger partial charge in [0.15, 0.2) is 0 Å². The molecule has 0 saturated heterocycles. The zero-order valence-corrected chi connectivity index (χ0v) is 12.9. The minimum Gasteiger partial charge on any atom is -0.497 e. The van der Waals surface area contributed by atoms with E-state index >= 15 is 0 Å². The van der Waals surface area contributed by atoms with Gasteiger partial charge >= 0.3 is 0 Å². The largest absolute Gasteiger partial charge is 0.497 e. The third-order valence-corrected chi connectivity index (χ3v) is 3.97. The van der Waals surface area contributed by atoms with Crippen LogP contribution >= 0.6 is 15.9 Å². The highest BCUT2D eigenvalue weighted by Gasteiger charge is 2.08. The topological polar surface area (TPSA) is 57.9 Å². The number of benzene rings is 1. The van der Waals surface area contributed by atoms with Gasteiger partial charge in [0.1, 0.15) is 17.6 Å². The van der Waals surface area contributed by atoms with Crippen molar-refractivity contribution in [2.24, 2.45) is 0 Å². The molecule has 4 nitrogen and oxygen atoms in total. The first-order chi connectivity index (χ1) is 9.65. The van der Waals surface area contributed by atoms with E-state index in [1.807, 2.05) is 31.2 Å². The summed E-state index contributed by atoms with van der Waals surface area (Å²) in [7, 11) is 1.65. The molecule has 0 aliphatic carbocycles. The fourth-order valence-corrected chi connectivity index (χ4v) is 2.20. The summed E-state index contributed by atoms with van der Waals surface area (Å²) in [5, 5.41) is 12.2. The van der Waals surface area contributed by atoms with E-state index in [1.54, 1.807) is 13.3 Å². The number of aromatic nitrogens is 1. The molecule has 2 aromatic rings. The molecule has 2 rings (SSSR count). The van der Waals surface area contributed by atoms with Gasteiger partial charge in [-0.25, -0.2) is 4.98 Å². The van der Waals surface area contributed by atoms with Gasteiger partial charge in [0.05, 0.1) is 17.1 Å². The van der Waals surface area contributed by atoms with E-state index in [1.165, 1.54) is 0 Å². The molecule has 1 heterocycles. The van der Waals surface area contributed by atoms with Crippen molar-refractivity contribution in [3.8, 4) is 11.8 Å². The van der Waals surface area contributed by atoms with Crippen molar-refractivity contribution >= 4 is 21.7 Å². The predicted octanol–water partition coefficient (Wildman–Crippen LogP) is 3.64. The van der Waals surface area contributed by atoms with Gasteiger partial charge in [-0.15, -0.1) is 0 Å². The third kappa shape index (κ3) is 3.09. The van der Waals surface area contributed by atoms with Crippen LogP contribution in [-0.2, 0) is 6.54 Å². The summed E-state index contributed by atoms with van der Waals surface area (Å²) < 4.78 is 5.95. The number of methoxy groups -OCH3 is 1. The van der Waals surface area contributed by atoms with Gasteiger partial charge in [0.25, 0.3) is 0 Å². The van der Waals surface area contributed by atoms with E-state index in [9.17, 15) is 0 Å². The predicted molar refractivity (Wildman–Crippen MR) is 81.7 cm³/mol. The Morgan fingerprint density at radius 1 is 1.35 bits per heavy atom. The van der Waals surface area contributed by atoms with Crippen LogP contribution in [0.25, 0.3) is 0 Å². The Morgan fingerprint density at radius 2 is 2.05 bits per heavy atom. The van der Waals surface area contributed by atoms with Crippen LogP contribution in [-0.4, -0.2) is 12.1 Å². The van der Waals surface area contributed by atoms with Crippen LogP contribution in [0.2, 0.25) is 0 Å². The van der Waals surface area contributed by atoms with Crippen LogP contribution < -0.4 is 10.1 Å². The molecule has 0 aliphatic rings. The lowest BCUT2D eigenvalue weighted by molar-refractivity contribution is 0.414. The summed E-state index contributed by atoms with van der Waals surface area (Å²) >= 11 is 3.47. The maximum Gasteiger partial charge on any atom is 0.140 e. The number of halogens is 1. The van der Waals surface area contributed by atoms with Crippen molar-refractivity contribution in [3.05, 3.63) is 51.6 Å². The molecule has 0 radical (unpaired) electrons. The molecular weight excluding hydrogens is 318 g/mol. The van der Waals surface area contributed by atoms with Crippen LogP contribution in [0.15, 0.2) is 34.9 Å². The summed E-state index contributed by atoms with van der Waals surface area (Å²) in [6, 6.07) is 9.95. The van der Waals surface area contributed by atoms with Crippen LogP contribution in [0.5, 0.6) is 5.75 Å². The lowest BCUT2D eigenvalue weighted by atomic mass is 10.2. The SMILES string of the molecule is COc1ccc(CNc2ncc(C#N)c(C)c2Br)cc1. The van der Waals surface area contributed by atoms with Gasteiger partial charge in [-0.2, -0.15) is 5.26 Å². The average Bonchev–Trinajstić information content (AvgIpc) is 2.49. The van der Waals surface area contributed by atoms with Gasteiger partial charge in [-0.3, -0.25) is 0 Å². The number of nitrogens with one attached hydrogen (secondary N) is 1. The summed E-state index contributed by atoms with van der Waals surface area (Å²) in [6.45, 7) is 2.55. The standard InChI is InChI=1S/C15H14BrN3O/c1-10-12(7-17)9-19-15(14(10)16)18-8-11-3-5-13(20-2)6-4-11/h3-6,9H,8H2,1-2H3,(H,18,19). The molecule has 102 valence electrons. The fraction of sp³-hybridized carbons (Fsp3) is 0.200. The highest BCUT2D eigenvalue weighted by Crippen LogP contribution is 2.26. The Labute approximate surface area is 126 Å². The molecule has 1 aromatic carbocycles. The van der Waals surface area contributed by atoms with Crippen molar-refractivity contribution < 1.29 is 4.74 Å². The summed E-state index contributed by atoms with van der Waals surface area (Å²) in [5.74, 6) is 1.57. The molecule has 20 heavy (non-hydrogen) atoms. The van der Waals surface area contributed by atoms with E-state index in [2.05, 4.69) is 32.3 Å². The molecule has 0 amide bonds. The first kappa shape index (κ1) is 14.4. The lowest BCUT2D eigenvalue weighted by Crippen LogP contribution is -2.03. The smallest absolute Gasteiger partial charge is 0.140 e. The van der Waals surface area contributed by atoms with Crippen molar-refractivity contribution in [3.63, 3.8) is 0 Å². The molecule has 0 unspecified atom stereocenters. The number of nitriles is 1. The van der Waals surface area contributed by atoms with Crippen molar-refractivity contribution in [1.29, 1.82) is 5.26 Å². The monoisotopic (exact) mass is 331 g/mol. The maximum absolute atomic E-state index is 8.95. The second-order valence-corrected chi connectivity index (χ2v) is 5.07. The van der Waals surface area contributed by atoms with Crippen molar-refractivity contribution in [1.82, 2.24) is 4.98 Å². The molecular formula is C15H14BrN3O. The summed E-state index contributed by atoms with van der Waals surface area (Å²) in [5.41, 5.74) is 2.59. The van der Waals surface area contributed by atoms with Gasteiger partial charge in [0.2, 0.25) is 0 Å². The van der Waals surface area contributed by atoms with Crippen LogP contribution in [0, 0.1) is 18.3 Å². The number of pyridine rings is 1. The molecule has 0 spiro atoms. The van der Waals surface area contributed by atoms with Gasteiger partial charge < -0.3 is 10.1 Å². The number of hydrogen-bond donors (Lipinski definition) is 1. The Bertz CT molecular complexity index is 647. The number of hydrogen-bond acceptors (Lipinski definition) is 4. The van der Waals surface area contributed by atoms with Gasteiger partial charge in [-0.05, 0) is 46.1 Å². The maximum atomic E-state index is 8.95. The average molecular weight is 332 g/mol. The van der Waals surface area contributed by atoms with E-state index in [-0.39, 0.29) is 0 Å². The zero-order chi connectivity index (χ0) is 14.5. The molecule has 0 saturated carbocycles. The zero-order valence-electron chi connectivity index (χ0n) is 11.3. The molecule has 0 fully saturated rings. The molecule has 0 atom stereocenters. The van der Waals surface area contributed by atoms with Gasteiger partial charge in [-0.1, -0.05) is 12.1 Å². The number of nitrogens with zero attached hydrogens (tertiary/aromatic N) is 2. The third-order valence-electron chi connectivity index (χ3n) is 3.00. The second-order valence-electron chi connectivity index (χ2n) is 4.27. The summed E-state index contributed by atoms with van der Waals surface area (Å²) in [6.07, 6.45) is 1.58. The van der Waals surface area contributed by atoms with E-state index < -0.39 is 0 Å². The summed E-state index contributed by atoms with van der Waals surface area (Å²) in [4.78, 5) is 4.25. The van der Waals surface area contributed by atoms with Gasteiger partial charge in [0, 0.05) is 12.7 Å². The van der Waals surface area contributed by atoms with Crippen molar-refractivity contribution in [2.75, 3.05) is 12.4 Å². The first-order valence-corrected chi connectivity index (χ1v) is 6.87. The number of rotatable bonds is 4. The normalized spacial score (nSPS) is 9.90. The second kappa shape index (κ2) is 6.40. The molecule has 5 heteroatoms. The van der Waals surface area contributed by atoms with E-state index in [4.69, 9.17) is 10.00 Å². The quantitative estimate of drug-likeness (QED) is 0.929. The molecule has 1 N–H and O–H groups in total. The lowest BCUT2D eigenvalue weighted by Gasteiger charge is -2.10. The molecule has 1 aromatic heterocycles. The Hall–Kier alpha value is -2.06. The highest BCUT2D eigenvalue weighted by molar-refractivity contribution is 9.10. The highest BCUT2D eigenvalue weighted by atomic mass is 79.9. The molecule has 0 aliphatic heterocycles. The Balaban J connectivity index is 2.11. The minimum atomic E-state index is 0.576. The first-order valence-electron chi connectivity index (χ1n) is 6.07. The van der Waals surface area contributed by atoms with Crippen LogP contribution in [0.3, 0.4) is 0 Å². The van der Waals surface area contributed by atoms with E-state index in [0.717, 1.165) is 27.2 Å². The fourth-order valence-electron chi connectivity index (χ4n) is 1.74. The van der Waals surface area contributed by atoms with Crippen LogP contribution in [0.4, 0.5) is 5.82 Å². The van der Waals surface area contributed by atoms with Crippen LogP contribution in [0.1, 0.15) is 16.7 Å². The minimum absolute atomic E-state index is 0.576. The molecule has 0 bridgehead atoms. The van der Waals surface area contributed by atoms with Crippen molar-refractivity contribution in [2.45, 2.75) is 13.5 Å². The Morgan fingerprint density at radius 3 is 2.65 bits per heavy atom. The Kier molecular flexibility index (Phi) is 4.59. The number of ether oxygens (including phenoxy) is 1. The van der Waals surface area contributed by atoms with E-state index in [0.29, 0.717) is 12.1 Å². The number of anilines is 1.